The first-order valence-electron chi connectivity index (χ1n) is 11.7. The maximum absolute atomic E-state index is 12.5. The lowest BCUT2D eigenvalue weighted by Gasteiger charge is -2.31. The number of halogens is 1. The fourth-order valence-corrected chi connectivity index (χ4v) is 4.61. The Labute approximate surface area is 210 Å². The molecule has 180 valence electrons. The number of nitrogens with one attached hydrogen (secondary N) is 2. The molecule has 2 heterocycles. The van der Waals surface area contributed by atoms with Crippen LogP contribution < -0.4 is 15.4 Å². The highest BCUT2D eigenvalue weighted by molar-refractivity contribution is 14.0. The van der Waals surface area contributed by atoms with E-state index in [1.165, 1.54) is 24.8 Å². The van der Waals surface area contributed by atoms with E-state index in [4.69, 9.17) is 4.74 Å². The Kier molecular flexibility index (Phi) is 11.6. The van der Waals surface area contributed by atoms with Crippen LogP contribution in [0.15, 0.2) is 29.3 Å². The molecule has 2 aliphatic rings. The standard InChI is InChI=1S/C24H39N5O2.HI/c1-19-7-6-16-29(18-19)23(30)12-13-26-24(25-2)27-17-22(28-14-4-5-15-28)20-8-10-21(31-3)11-9-20;/h8-11,19,22H,4-7,12-18H2,1-3H3,(H2,25,26,27);1H. The summed E-state index contributed by atoms with van der Waals surface area (Å²) in [4.78, 5) is 21.4. The normalized spacial score (nSPS) is 20.4. The number of piperidine rings is 1. The number of carbonyl (C=O) groups excluding carboxylic acids is 1. The van der Waals surface area contributed by atoms with Crippen molar-refractivity contribution < 1.29 is 9.53 Å². The Morgan fingerprint density at radius 3 is 2.50 bits per heavy atom. The van der Waals surface area contributed by atoms with Gasteiger partial charge in [0.05, 0.1) is 13.2 Å². The summed E-state index contributed by atoms with van der Waals surface area (Å²) in [5.41, 5.74) is 1.28. The average molecular weight is 558 g/mol. The molecule has 2 aliphatic heterocycles. The van der Waals surface area contributed by atoms with Crippen molar-refractivity contribution in [2.24, 2.45) is 10.9 Å². The Morgan fingerprint density at radius 1 is 1.16 bits per heavy atom. The lowest BCUT2D eigenvalue weighted by Crippen LogP contribution is -2.44. The zero-order valence-corrected chi connectivity index (χ0v) is 22.1. The number of likely N-dealkylation sites (tertiary alicyclic amines) is 2. The molecule has 2 N–H and O–H groups in total. The number of amides is 1. The van der Waals surface area contributed by atoms with Gasteiger partial charge >= 0.3 is 0 Å². The predicted octanol–water partition coefficient (Wildman–Crippen LogP) is 3.26. The second-order valence-corrected chi connectivity index (χ2v) is 8.75. The van der Waals surface area contributed by atoms with Gasteiger partial charge in [-0.3, -0.25) is 14.7 Å². The maximum atomic E-state index is 12.5. The summed E-state index contributed by atoms with van der Waals surface area (Å²) in [6, 6.07) is 8.64. The van der Waals surface area contributed by atoms with Crippen molar-refractivity contribution in [1.29, 1.82) is 0 Å². The molecule has 7 nitrogen and oxygen atoms in total. The van der Waals surface area contributed by atoms with Crippen molar-refractivity contribution in [3.63, 3.8) is 0 Å². The predicted molar refractivity (Wildman–Crippen MR) is 141 cm³/mol. The number of ether oxygens (including phenoxy) is 1. The highest BCUT2D eigenvalue weighted by Crippen LogP contribution is 2.26. The third-order valence-corrected chi connectivity index (χ3v) is 6.41. The molecule has 8 heteroatoms. The first-order chi connectivity index (χ1) is 15.1. The van der Waals surface area contributed by atoms with E-state index in [2.05, 4.69) is 39.6 Å². The number of benzene rings is 1. The lowest BCUT2D eigenvalue weighted by atomic mass is 10.00. The molecular weight excluding hydrogens is 517 g/mol. The summed E-state index contributed by atoms with van der Waals surface area (Å²) in [6.45, 7) is 7.62. The molecule has 0 aliphatic carbocycles. The average Bonchev–Trinajstić information content (AvgIpc) is 3.33. The van der Waals surface area contributed by atoms with E-state index in [1.807, 2.05) is 17.0 Å². The number of carbonyl (C=O) groups is 1. The maximum Gasteiger partial charge on any atom is 0.224 e. The van der Waals surface area contributed by atoms with Crippen LogP contribution in [0, 0.1) is 5.92 Å². The van der Waals surface area contributed by atoms with Crippen LogP contribution in [0.5, 0.6) is 5.75 Å². The quantitative estimate of drug-likeness (QED) is 0.292. The van der Waals surface area contributed by atoms with Crippen LogP contribution in [-0.4, -0.2) is 75.1 Å². The van der Waals surface area contributed by atoms with Gasteiger partial charge in [0, 0.05) is 39.6 Å². The molecule has 32 heavy (non-hydrogen) atoms. The second kappa shape index (κ2) is 13.9. The van der Waals surface area contributed by atoms with Gasteiger partial charge < -0.3 is 20.3 Å². The van der Waals surface area contributed by atoms with Crippen molar-refractivity contribution in [1.82, 2.24) is 20.4 Å². The van der Waals surface area contributed by atoms with Crippen LogP contribution in [0.25, 0.3) is 0 Å². The molecule has 1 aromatic rings. The van der Waals surface area contributed by atoms with Crippen LogP contribution in [-0.2, 0) is 4.79 Å². The zero-order valence-electron chi connectivity index (χ0n) is 19.8. The smallest absolute Gasteiger partial charge is 0.224 e. The van der Waals surface area contributed by atoms with Gasteiger partial charge in [-0.2, -0.15) is 0 Å². The summed E-state index contributed by atoms with van der Waals surface area (Å²) in [7, 11) is 3.47. The molecule has 2 fully saturated rings. The van der Waals surface area contributed by atoms with Gasteiger partial charge in [0.1, 0.15) is 5.75 Å². The molecule has 0 spiro atoms. The summed E-state index contributed by atoms with van der Waals surface area (Å²) in [6.07, 6.45) is 5.34. The molecular formula is C24H40IN5O2. The van der Waals surface area contributed by atoms with E-state index in [0.717, 1.165) is 50.9 Å². The Hall–Kier alpha value is -1.55. The molecule has 0 radical (unpaired) electrons. The number of rotatable bonds is 8. The number of methoxy groups -OCH3 is 1. The summed E-state index contributed by atoms with van der Waals surface area (Å²) < 4.78 is 5.31. The van der Waals surface area contributed by atoms with Gasteiger partial charge in [-0.15, -0.1) is 24.0 Å². The van der Waals surface area contributed by atoms with Crippen LogP contribution in [0.4, 0.5) is 0 Å². The molecule has 0 aromatic heterocycles. The van der Waals surface area contributed by atoms with Crippen molar-refractivity contribution >= 4 is 35.8 Å². The topological polar surface area (TPSA) is 69.2 Å². The van der Waals surface area contributed by atoms with E-state index in [-0.39, 0.29) is 35.9 Å². The monoisotopic (exact) mass is 557 g/mol. The number of guanidine groups is 1. The van der Waals surface area contributed by atoms with Crippen molar-refractivity contribution in [2.45, 2.75) is 45.1 Å². The van der Waals surface area contributed by atoms with Gasteiger partial charge in [-0.05, 0) is 62.4 Å². The molecule has 1 aromatic carbocycles. The largest absolute Gasteiger partial charge is 0.497 e. The minimum Gasteiger partial charge on any atom is -0.497 e. The Balaban J connectivity index is 0.00000363. The Morgan fingerprint density at radius 2 is 1.88 bits per heavy atom. The summed E-state index contributed by atoms with van der Waals surface area (Å²) >= 11 is 0. The first-order valence-corrected chi connectivity index (χ1v) is 11.7. The Bertz CT molecular complexity index is 722. The van der Waals surface area contributed by atoms with Crippen molar-refractivity contribution in [2.75, 3.05) is 53.4 Å². The summed E-state index contributed by atoms with van der Waals surface area (Å²) in [5.74, 6) is 2.47. The second-order valence-electron chi connectivity index (χ2n) is 8.75. The molecule has 2 atom stereocenters. The number of hydrogen-bond donors (Lipinski definition) is 2. The van der Waals surface area contributed by atoms with Gasteiger partial charge in [-0.1, -0.05) is 19.1 Å². The fraction of sp³-hybridized carbons (Fsp3) is 0.667. The van der Waals surface area contributed by atoms with Gasteiger partial charge in [-0.25, -0.2) is 0 Å². The van der Waals surface area contributed by atoms with E-state index >= 15 is 0 Å². The summed E-state index contributed by atoms with van der Waals surface area (Å²) in [5, 5.41) is 6.79. The van der Waals surface area contributed by atoms with E-state index in [9.17, 15) is 4.79 Å². The number of hydrogen-bond acceptors (Lipinski definition) is 4. The number of aliphatic imine (C=N–C) groups is 1. The van der Waals surface area contributed by atoms with E-state index < -0.39 is 0 Å². The molecule has 3 rings (SSSR count). The van der Waals surface area contributed by atoms with E-state index in [1.54, 1.807) is 14.2 Å². The third kappa shape index (κ3) is 7.79. The SMILES string of the molecule is CN=C(NCCC(=O)N1CCCC(C)C1)NCC(c1ccc(OC)cc1)N1CCCC1.I. The van der Waals surface area contributed by atoms with Crippen LogP contribution in [0.2, 0.25) is 0 Å². The van der Waals surface area contributed by atoms with Crippen molar-refractivity contribution in [3.8, 4) is 5.75 Å². The molecule has 2 saturated heterocycles. The lowest BCUT2D eigenvalue weighted by molar-refractivity contribution is -0.132. The first kappa shape index (κ1) is 26.7. The minimum absolute atomic E-state index is 0. The highest BCUT2D eigenvalue weighted by atomic mass is 127. The fourth-order valence-electron chi connectivity index (χ4n) is 4.61. The van der Waals surface area contributed by atoms with Crippen molar-refractivity contribution in [3.05, 3.63) is 29.8 Å². The molecule has 0 bridgehead atoms. The van der Waals surface area contributed by atoms with E-state index in [0.29, 0.717) is 18.9 Å². The highest BCUT2D eigenvalue weighted by Gasteiger charge is 2.24. The third-order valence-electron chi connectivity index (χ3n) is 6.41. The molecule has 2 unspecified atom stereocenters. The number of nitrogens with zero attached hydrogens (tertiary/aromatic N) is 3. The van der Waals surface area contributed by atoms with Gasteiger partial charge in [0.25, 0.3) is 0 Å². The molecule has 1 amide bonds. The minimum atomic E-state index is 0. The van der Waals surface area contributed by atoms with Gasteiger partial charge in [0.15, 0.2) is 5.96 Å². The van der Waals surface area contributed by atoms with Crippen LogP contribution >= 0.6 is 24.0 Å². The van der Waals surface area contributed by atoms with Crippen LogP contribution in [0.1, 0.15) is 50.6 Å². The molecule has 0 saturated carbocycles. The zero-order chi connectivity index (χ0) is 22.1. The van der Waals surface area contributed by atoms with Gasteiger partial charge in [0.2, 0.25) is 5.91 Å². The van der Waals surface area contributed by atoms with Crippen LogP contribution in [0.3, 0.4) is 0 Å².